The van der Waals surface area contributed by atoms with Gasteiger partial charge in [-0.15, -0.1) is 0 Å². The van der Waals surface area contributed by atoms with E-state index in [1.54, 1.807) is 12.1 Å². The molecule has 5 nitrogen and oxygen atoms in total. The minimum Gasteiger partial charge on any atom is -0.493 e. The molecule has 1 unspecified atom stereocenters. The quantitative estimate of drug-likeness (QED) is 0.760. The fraction of sp³-hybridized carbons (Fsp3) is 0.364. The van der Waals surface area contributed by atoms with E-state index in [2.05, 4.69) is 0 Å². The molecular formula is C11H12O5. The van der Waals surface area contributed by atoms with Gasteiger partial charge in [0.25, 0.3) is 0 Å². The van der Waals surface area contributed by atoms with E-state index in [1.165, 1.54) is 13.2 Å². The van der Waals surface area contributed by atoms with Crippen LogP contribution in [0.25, 0.3) is 0 Å². The summed E-state index contributed by atoms with van der Waals surface area (Å²) < 4.78 is 15.5. The first kappa shape index (κ1) is 10.8. The number of hydrogen-bond acceptors (Lipinski definition) is 4. The molecule has 1 saturated heterocycles. The van der Waals surface area contributed by atoms with E-state index >= 15 is 0 Å². The van der Waals surface area contributed by atoms with Gasteiger partial charge in [0.2, 0.25) is 0 Å². The number of benzene rings is 1. The Morgan fingerprint density at radius 1 is 1.62 bits per heavy atom. The number of para-hydroxylation sites is 1. The molecule has 1 aliphatic rings. The topological polar surface area (TPSA) is 68.3 Å². The monoisotopic (exact) mass is 224 g/mol. The summed E-state index contributed by atoms with van der Waals surface area (Å²) in [5.74, 6) is -0.362. The van der Waals surface area contributed by atoms with E-state index in [1.807, 2.05) is 0 Å². The van der Waals surface area contributed by atoms with Crippen LogP contribution < -0.4 is 9.47 Å². The molecule has 0 spiro atoms. The van der Waals surface area contributed by atoms with Gasteiger partial charge in [0.05, 0.1) is 13.7 Å². The molecule has 5 heteroatoms. The van der Waals surface area contributed by atoms with Gasteiger partial charge in [-0.1, -0.05) is 6.07 Å². The Balaban J connectivity index is 2.24. The summed E-state index contributed by atoms with van der Waals surface area (Å²) in [4.78, 5) is 11.0. The first-order valence-electron chi connectivity index (χ1n) is 4.87. The molecule has 1 N–H and O–H groups in total. The second-order valence-corrected chi connectivity index (χ2v) is 3.41. The van der Waals surface area contributed by atoms with Crippen LogP contribution in [0.2, 0.25) is 0 Å². The zero-order chi connectivity index (χ0) is 11.5. The first-order valence-corrected chi connectivity index (χ1v) is 4.87. The lowest BCUT2D eigenvalue weighted by Crippen LogP contribution is -2.09. The van der Waals surface area contributed by atoms with Crippen LogP contribution in [0.1, 0.15) is 10.4 Å². The van der Waals surface area contributed by atoms with Crippen molar-refractivity contribution in [3.05, 3.63) is 23.8 Å². The average Bonchev–Trinajstić information content (AvgIpc) is 3.09. The molecule has 1 aromatic carbocycles. The van der Waals surface area contributed by atoms with E-state index in [0.717, 1.165) is 0 Å². The van der Waals surface area contributed by atoms with Crippen LogP contribution in [0.3, 0.4) is 0 Å². The van der Waals surface area contributed by atoms with Gasteiger partial charge in [-0.3, -0.25) is 0 Å². The fourth-order valence-corrected chi connectivity index (χ4v) is 1.33. The third-order valence-electron chi connectivity index (χ3n) is 2.25. The molecule has 0 amide bonds. The van der Waals surface area contributed by atoms with Crippen molar-refractivity contribution in [2.75, 3.05) is 20.3 Å². The highest BCUT2D eigenvalue weighted by atomic mass is 16.6. The van der Waals surface area contributed by atoms with E-state index in [0.29, 0.717) is 19.0 Å². The molecule has 0 saturated carbocycles. The van der Waals surface area contributed by atoms with Crippen LogP contribution >= 0.6 is 0 Å². The minimum absolute atomic E-state index is 0.0755. The van der Waals surface area contributed by atoms with E-state index in [-0.39, 0.29) is 17.4 Å². The molecule has 1 atom stereocenters. The number of carboxylic acids is 1. The molecule has 0 aromatic heterocycles. The lowest BCUT2D eigenvalue weighted by Gasteiger charge is -2.11. The minimum atomic E-state index is -1.04. The van der Waals surface area contributed by atoms with Crippen LogP contribution in [-0.4, -0.2) is 37.5 Å². The summed E-state index contributed by atoms with van der Waals surface area (Å²) in [6.07, 6.45) is 0.0755. The Bertz CT molecular complexity index is 397. The summed E-state index contributed by atoms with van der Waals surface area (Å²) in [6, 6.07) is 4.76. The molecule has 0 aliphatic carbocycles. The molecule has 1 aromatic rings. The lowest BCUT2D eigenvalue weighted by atomic mass is 10.2. The molecule has 1 heterocycles. The first-order chi connectivity index (χ1) is 7.72. The zero-order valence-electron chi connectivity index (χ0n) is 8.80. The lowest BCUT2D eigenvalue weighted by molar-refractivity contribution is 0.0691. The van der Waals surface area contributed by atoms with Crippen molar-refractivity contribution in [1.29, 1.82) is 0 Å². The second kappa shape index (κ2) is 4.40. The summed E-state index contributed by atoms with van der Waals surface area (Å²) in [5.41, 5.74) is 0.0972. The van der Waals surface area contributed by atoms with Gasteiger partial charge in [0.1, 0.15) is 18.3 Å². The Labute approximate surface area is 92.5 Å². The number of epoxide rings is 1. The van der Waals surface area contributed by atoms with Crippen LogP contribution in [0.4, 0.5) is 0 Å². The predicted molar refractivity (Wildman–Crippen MR) is 55.2 cm³/mol. The van der Waals surface area contributed by atoms with Crippen LogP contribution in [0, 0.1) is 0 Å². The number of carboxylic acid groups (broad SMARTS) is 1. The van der Waals surface area contributed by atoms with Gasteiger partial charge in [-0.05, 0) is 12.1 Å². The Morgan fingerprint density at radius 2 is 2.38 bits per heavy atom. The zero-order valence-corrected chi connectivity index (χ0v) is 8.80. The van der Waals surface area contributed by atoms with Gasteiger partial charge >= 0.3 is 5.97 Å². The van der Waals surface area contributed by atoms with Crippen molar-refractivity contribution in [1.82, 2.24) is 0 Å². The summed E-state index contributed by atoms with van der Waals surface area (Å²) in [6.45, 7) is 1.01. The van der Waals surface area contributed by atoms with Crippen molar-refractivity contribution in [2.24, 2.45) is 0 Å². The van der Waals surface area contributed by atoms with Gasteiger partial charge in [0, 0.05) is 0 Å². The van der Waals surface area contributed by atoms with Crippen LogP contribution in [0.5, 0.6) is 11.5 Å². The maximum Gasteiger partial charge on any atom is 0.339 e. The van der Waals surface area contributed by atoms with Gasteiger partial charge in [-0.2, -0.15) is 0 Å². The Hall–Kier alpha value is -1.75. The number of ether oxygens (including phenoxy) is 3. The van der Waals surface area contributed by atoms with Crippen molar-refractivity contribution in [2.45, 2.75) is 6.10 Å². The van der Waals surface area contributed by atoms with Gasteiger partial charge < -0.3 is 19.3 Å². The van der Waals surface area contributed by atoms with Crippen molar-refractivity contribution >= 4 is 5.97 Å². The standard InChI is InChI=1S/C11H12O5/c1-14-9-4-2-3-8(11(12)13)10(9)16-6-7-5-15-7/h2-4,7H,5-6H2,1H3,(H,12,13). The van der Waals surface area contributed by atoms with E-state index in [9.17, 15) is 4.79 Å². The second-order valence-electron chi connectivity index (χ2n) is 3.41. The molecular weight excluding hydrogens is 212 g/mol. The van der Waals surface area contributed by atoms with Crippen molar-refractivity contribution < 1.29 is 24.1 Å². The number of methoxy groups -OCH3 is 1. The number of rotatable bonds is 5. The summed E-state index contributed by atoms with van der Waals surface area (Å²) in [5, 5.41) is 9.00. The van der Waals surface area contributed by atoms with Gasteiger partial charge in [0.15, 0.2) is 11.5 Å². The Morgan fingerprint density at radius 3 is 2.94 bits per heavy atom. The number of carbonyl (C=O) groups is 1. The van der Waals surface area contributed by atoms with E-state index in [4.69, 9.17) is 19.3 Å². The largest absolute Gasteiger partial charge is 0.493 e. The molecule has 86 valence electrons. The number of hydrogen-bond donors (Lipinski definition) is 1. The van der Waals surface area contributed by atoms with Crippen LogP contribution in [0.15, 0.2) is 18.2 Å². The summed E-state index contributed by atoms with van der Waals surface area (Å²) in [7, 11) is 1.47. The molecule has 2 rings (SSSR count). The average molecular weight is 224 g/mol. The van der Waals surface area contributed by atoms with Crippen molar-refractivity contribution in [3.63, 3.8) is 0 Å². The summed E-state index contributed by atoms with van der Waals surface area (Å²) >= 11 is 0. The maximum absolute atomic E-state index is 11.0. The molecule has 1 fully saturated rings. The van der Waals surface area contributed by atoms with E-state index < -0.39 is 5.97 Å². The molecule has 0 bridgehead atoms. The van der Waals surface area contributed by atoms with Crippen LogP contribution in [-0.2, 0) is 4.74 Å². The third kappa shape index (κ3) is 2.25. The third-order valence-corrected chi connectivity index (χ3v) is 2.25. The smallest absolute Gasteiger partial charge is 0.339 e. The number of aromatic carboxylic acids is 1. The Kier molecular flexibility index (Phi) is 2.96. The highest BCUT2D eigenvalue weighted by molar-refractivity contribution is 5.92. The SMILES string of the molecule is COc1cccc(C(=O)O)c1OCC1CO1. The maximum atomic E-state index is 11.0. The van der Waals surface area contributed by atoms with Crippen molar-refractivity contribution in [3.8, 4) is 11.5 Å². The molecule has 16 heavy (non-hydrogen) atoms. The normalized spacial score (nSPS) is 17.9. The molecule has 1 aliphatic heterocycles. The molecule has 0 radical (unpaired) electrons. The fourth-order valence-electron chi connectivity index (χ4n) is 1.33. The predicted octanol–water partition coefficient (Wildman–Crippen LogP) is 1.17. The highest BCUT2D eigenvalue weighted by Crippen LogP contribution is 2.31. The van der Waals surface area contributed by atoms with Gasteiger partial charge in [-0.25, -0.2) is 4.79 Å². The highest BCUT2D eigenvalue weighted by Gasteiger charge is 2.25.